The zero-order valence-electron chi connectivity index (χ0n) is 21.9. The number of ether oxygens (including phenoxy) is 1. The maximum atomic E-state index is 13.2. The van der Waals surface area contributed by atoms with Crippen molar-refractivity contribution in [3.63, 3.8) is 0 Å². The number of allylic oxidation sites excluding steroid dienone is 1. The lowest BCUT2D eigenvalue weighted by molar-refractivity contribution is 0.0696. The van der Waals surface area contributed by atoms with Gasteiger partial charge in [-0.15, -0.1) is 0 Å². The van der Waals surface area contributed by atoms with E-state index in [2.05, 4.69) is 11.9 Å². The number of anilines is 1. The smallest absolute Gasteiger partial charge is 0.335 e. The molecule has 7 nitrogen and oxygen atoms in total. The summed E-state index contributed by atoms with van der Waals surface area (Å²) in [6.45, 7) is 9.99. The summed E-state index contributed by atoms with van der Waals surface area (Å²) in [6, 6.07) is 18.6. The van der Waals surface area contributed by atoms with Gasteiger partial charge in [-0.1, -0.05) is 48.3 Å². The highest BCUT2D eigenvalue weighted by Gasteiger charge is 2.19. The summed E-state index contributed by atoms with van der Waals surface area (Å²) in [5.74, 6) is 0.203. The molecule has 3 aromatic carbocycles. The van der Waals surface area contributed by atoms with E-state index in [9.17, 15) is 9.00 Å². The monoisotopic (exact) mass is 588 g/mol. The summed E-state index contributed by atoms with van der Waals surface area (Å²) in [5, 5.41) is 13.8. The van der Waals surface area contributed by atoms with Crippen LogP contribution in [0.3, 0.4) is 0 Å². The first kappa shape index (κ1) is 30.2. The highest BCUT2D eigenvalue weighted by molar-refractivity contribution is 7.86. The summed E-state index contributed by atoms with van der Waals surface area (Å²) in [7, 11) is -1.52. The molecule has 0 aliphatic rings. The second-order valence-corrected chi connectivity index (χ2v) is 11.0. The molecular weight excluding hydrogens is 559 g/mol. The van der Waals surface area contributed by atoms with Crippen LogP contribution in [0.25, 0.3) is 0 Å². The van der Waals surface area contributed by atoms with E-state index in [4.69, 9.17) is 37.9 Å². The molecule has 0 aliphatic heterocycles. The lowest BCUT2D eigenvalue weighted by Gasteiger charge is -2.22. The molecule has 1 N–H and O–H groups in total. The molecule has 10 heteroatoms. The molecule has 0 aliphatic carbocycles. The van der Waals surface area contributed by atoms with Gasteiger partial charge in [-0.2, -0.15) is 0 Å². The van der Waals surface area contributed by atoms with Crippen molar-refractivity contribution in [2.24, 2.45) is 11.1 Å². The summed E-state index contributed by atoms with van der Waals surface area (Å²) in [4.78, 5) is 17.1. The number of benzene rings is 3. The van der Waals surface area contributed by atoms with Crippen LogP contribution in [0.4, 0.5) is 5.69 Å². The maximum absolute atomic E-state index is 13.2. The van der Waals surface area contributed by atoms with Crippen LogP contribution >= 0.6 is 23.2 Å². The standard InChI is InChI=1S/C29H30Cl2N2O5S/c1-5-33(39(36)24-15-9-20(10-16-24)29(34)35)22-11-13-23(14-12-22)37-18-21(28(19(2)3)38-32-4)17-25-26(30)7-6-8-27(25)31/h6-16,19H,4-5,17-18H2,1-3H3,(H,34,35)/b28-21+. The van der Waals surface area contributed by atoms with Gasteiger partial charge in [-0.05, 0) is 73.2 Å². The van der Waals surface area contributed by atoms with Crippen LogP contribution in [0.1, 0.15) is 36.7 Å². The van der Waals surface area contributed by atoms with Gasteiger partial charge in [-0.25, -0.2) is 9.00 Å². The molecule has 0 heterocycles. The fourth-order valence-corrected chi connectivity index (χ4v) is 5.59. The molecule has 0 saturated heterocycles. The highest BCUT2D eigenvalue weighted by atomic mass is 35.5. The van der Waals surface area contributed by atoms with Crippen molar-refractivity contribution < 1.29 is 23.7 Å². The Hall–Kier alpha value is -3.33. The predicted molar refractivity (Wildman–Crippen MR) is 157 cm³/mol. The maximum Gasteiger partial charge on any atom is 0.335 e. The number of rotatable bonds is 13. The summed E-state index contributed by atoms with van der Waals surface area (Å²) in [5.41, 5.74) is 2.45. The van der Waals surface area contributed by atoms with Gasteiger partial charge in [0.2, 0.25) is 0 Å². The minimum atomic E-state index is -1.52. The number of halogens is 2. The number of oxime groups is 1. The van der Waals surface area contributed by atoms with E-state index in [1.165, 1.54) is 12.1 Å². The van der Waals surface area contributed by atoms with E-state index in [-0.39, 0.29) is 18.1 Å². The van der Waals surface area contributed by atoms with E-state index >= 15 is 0 Å². The molecule has 206 valence electrons. The van der Waals surface area contributed by atoms with Crippen LogP contribution in [0.5, 0.6) is 5.75 Å². The molecule has 1 unspecified atom stereocenters. The average Bonchev–Trinajstić information content (AvgIpc) is 2.92. The number of carboxylic acid groups (broad SMARTS) is 1. The number of carbonyl (C=O) groups is 1. The Morgan fingerprint density at radius 1 is 1.05 bits per heavy atom. The molecule has 3 aromatic rings. The second kappa shape index (κ2) is 14.2. The summed E-state index contributed by atoms with van der Waals surface area (Å²) < 4.78 is 21.0. The van der Waals surface area contributed by atoms with Crippen LogP contribution in [0, 0.1) is 5.92 Å². The van der Waals surface area contributed by atoms with Gasteiger partial charge >= 0.3 is 5.97 Å². The van der Waals surface area contributed by atoms with Gasteiger partial charge in [0.25, 0.3) is 0 Å². The minimum absolute atomic E-state index is 0.00963. The zero-order valence-corrected chi connectivity index (χ0v) is 24.2. The van der Waals surface area contributed by atoms with Crippen LogP contribution in [-0.4, -0.2) is 35.2 Å². The van der Waals surface area contributed by atoms with Crippen molar-refractivity contribution in [1.82, 2.24) is 0 Å². The third kappa shape index (κ3) is 7.85. The molecule has 0 amide bonds. The Morgan fingerprint density at radius 3 is 2.18 bits per heavy atom. The summed E-state index contributed by atoms with van der Waals surface area (Å²) in [6.07, 6.45) is 0.406. The van der Waals surface area contributed by atoms with Crippen molar-refractivity contribution in [3.8, 4) is 5.75 Å². The first-order chi connectivity index (χ1) is 18.7. The average molecular weight is 590 g/mol. The van der Waals surface area contributed by atoms with Crippen molar-refractivity contribution in [1.29, 1.82) is 0 Å². The van der Waals surface area contributed by atoms with Crippen LogP contribution in [0.2, 0.25) is 10.0 Å². The van der Waals surface area contributed by atoms with Gasteiger partial charge < -0.3 is 14.7 Å². The quantitative estimate of drug-likeness (QED) is 0.128. The lowest BCUT2D eigenvalue weighted by Crippen LogP contribution is -2.25. The van der Waals surface area contributed by atoms with E-state index in [0.717, 1.165) is 16.8 Å². The molecule has 0 spiro atoms. The van der Waals surface area contributed by atoms with Crippen molar-refractivity contribution in [2.75, 3.05) is 17.5 Å². The van der Waals surface area contributed by atoms with E-state index in [1.54, 1.807) is 46.8 Å². The number of carboxylic acids is 1. The van der Waals surface area contributed by atoms with Gasteiger partial charge in [0.15, 0.2) is 11.0 Å². The Bertz CT molecular complexity index is 1340. The first-order valence-corrected chi connectivity index (χ1v) is 14.1. The largest absolute Gasteiger partial charge is 0.489 e. The molecule has 0 saturated carbocycles. The minimum Gasteiger partial charge on any atom is -0.489 e. The predicted octanol–water partition coefficient (Wildman–Crippen LogP) is 7.40. The van der Waals surface area contributed by atoms with Crippen LogP contribution in [0.15, 0.2) is 88.1 Å². The topological polar surface area (TPSA) is 88.4 Å². The van der Waals surface area contributed by atoms with Crippen molar-refractivity contribution >= 4 is 52.6 Å². The van der Waals surface area contributed by atoms with E-state index < -0.39 is 17.0 Å². The third-order valence-electron chi connectivity index (χ3n) is 5.82. The van der Waals surface area contributed by atoms with Gasteiger partial charge in [0.05, 0.1) is 10.5 Å². The highest BCUT2D eigenvalue weighted by Crippen LogP contribution is 2.30. The molecular formula is C29H30Cl2N2O5S. The van der Waals surface area contributed by atoms with Gasteiger partial charge in [0.1, 0.15) is 18.1 Å². The first-order valence-electron chi connectivity index (χ1n) is 12.2. The van der Waals surface area contributed by atoms with E-state index in [0.29, 0.717) is 39.4 Å². The summed E-state index contributed by atoms with van der Waals surface area (Å²) >= 11 is 12.8. The third-order valence-corrected chi connectivity index (χ3v) is 8.07. The number of nitrogens with zero attached hydrogens (tertiary/aromatic N) is 2. The Labute approximate surface area is 241 Å². The molecule has 0 fully saturated rings. The SMILES string of the molecule is C=NO/C(=C(/COc1ccc(N(CC)S(=O)c2ccc(C(=O)O)cc2)cc1)Cc1c(Cl)cccc1Cl)C(C)C. The molecule has 0 radical (unpaired) electrons. The second-order valence-electron chi connectivity index (χ2n) is 8.78. The fourth-order valence-electron chi connectivity index (χ4n) is 3.89. The zero-order chi connectivity index (χ0) is 28.5. The molecule has 3 rings (SSSR count). The van der Waals surface area contributed by atoms with Gasteiger partial charge in [0, 0.05) is 46.9 Å². The van der Waals surface area contributed by atoms with Crippen LogP contribution < -0.4 is 9.04 Å². The number of hydrogen-bond donors (Lipinski definition) is 1. The van der Waals surface area contributed by atoms with Crippen molar-refractivity contribution in [2.45, 2.75) is 32.1 Å². The van der Waals surface area contributed by atoms with Gasteiger partial charge in [-0.3, -0.25) is 4.31 Å². The number of hydrogen-bond acceptors (Lipinski definition) is 5. The molecule has 0 bridgehead atoms. The fraction of sp³-hybridized carbons (Fsp3) is 0.241. The molecule has 1 atom stereocenters. The van der Waals surface area contributed by atoms with Crippen LogP contribution in [-0.2, 0) is 22.2 Å². The van der Waals surface area contributed by atoms with E-state index in [1.807, 2.05) is 32.9 Å². The molecule has 39 heavy (non-hydrogen) atoms. The number of aromatic carboxylic acids is 1. The lowest BCUT2D eigenvalue weighted by atomic mass is 10.00. The van der Waals surface area contributed by atoms with Crippen molar-refractivity contribution in [3.05, 3.63) is 99.2 Å². The Morgan fingerprint density at radius 2 is 1.67 bits per heavy atom. The Balaban J connectivity index is 1.80. The Kier molecular flexibility index (Phi) is 11.0. The normalized spacial score (nSPS) is 12.5. The molecule has 0 aromatic heterocycles.